The number of piperidine rings is 2. The molecule has 1 spiro atoms. The van der Waals surface area contributed by atoms with Gasteiger partial charge in [-0.3, -0.25) is 9.30 Å². The molecule has 142 valence electrons. The molecular formula is C19H35N5S. The van der Waals surface area contributed by atoms with Crippen molar-refractivity contribution in [1.29, 1.82) is 0 Å². The smallest absolute Gasteiger partial charge is 0.0801 e. The quantitative estimate of drug-likeness (QED) is 0.444. The molecule has 3 N–H and O–H groups in total. The van der Waals surface area contributed by atoms with Gasteiger partial charge in [0.15, 0.2) is 0 Å². The Morgan fingerprint density at radius 2 is 1.72 bits per heavy atom. The van der Waals surface area contributed by atoms with Crippen molar-refractivity contribution in [3.63, 3.8) is 0 Å². The summed E-state index contributed by atoms with van der Waals surface area (Å²) in [5.74, 6) is 0. The highest BCUT2D eigenvalue weighted by Crippen LogP contribution is 2.57. The van der Waals surface area contributed by atoms with Gasteiger partial charge in [0.1, 0.15) is 0 Å². The van der Waals surface area contributed by atoms with E-state index in [0.717, 1.165) is 35.6 Å². The zero-order valence-corrected chi connectivity index (χ0v) is 16.5. The molecule has 4 aliphatic rings. The molecule has 0 aromatic rings. The lowest BCUT2D eigenvalue weighted by molar-refractivity contribution is -0.0755. The Labute approximate surface area is 157 Å². The molecule has 4 fully saturated rings. The van der Waals surface area contributed by atoms with Gasteiger partial charge in [0.2, 0.25) is 0 Å². The van der Waals surface area contributed by atoms with Crippen LogP contribution in [0.5, 0.6) is 0 Å². The fourth-order valence-electron chi connectivity index (χ4n) is 5.50. The van der Waals surface area contributed by atoms with Gasteiger partial charge in [-0.05, 0) is 76.9 Å². The Bertz CT molecular complexity index is 454. The van der Waals surface area contributed by atoms with Gasteiger partial charge in [-0.1, -0.05) is 11.9 Å². The highest BCUT2D eigenvalue weighted by Gasteiger charge is 2.53. The van der Waals surface area contributed by atoms with Gasteiger partial charge in [-0.2, -0.15) is 0 Å². The van der Waals surface area contributed by atoms with Crippen molar-refractivity contribution < 1.29 is 0 Å². The predicted octanol–water partition coefficient (Wildman–Crippen LogP) is 2.08. The molecular weight excluding hydrogens is 330 g/mol. The Kier molecular flexibility index (Phi) is 5.60. The molecule has 0 radical (unpaired) electrons. The molecule has 0 bridgehead atoms. The molecule has 0 aromatic carbocycles. The molecule has 6 heteroatoms. The predicted molar refractivity (Wildman–Crippen MR) is 107 cm³/mol. The summed E-state index contributed by atoms with van der Waals surface area (Å²) < 4.78 is 2.59. The largest absolute Gasteiger partial charge is 0.390 e. The molecule has 2 heterocycles. The zero-order chi connectivity index (χ0) is 17.3. The van der Waals surface area contributed by atoms with Crippen molar-refractivity contribution in [2.75, 3.05) is 33.2 Å². The molecule has 0 aromatic heterocycles. The van der Waals surface area contributed by atoms with Gasteiger partial charge < -0.3 is 16.0 Å². The summed E-state index contributed by atoms with van der Waals surface area (Å²) in [5.41, 5.74) is 6.16. The van der Waals surface area contributed by atoms with Gasteiger partial charge >= 0.3 is 0 Å². The third-order valence-corrected chi connectivity index (χ3v) is 8.55. The van der Waals surface area contributed by atoms with Gasteiger partial charge in [-0.25, -0.2) is 0 Å². The number of rotatable bonds is 5. The monoisotopic (exact) mass is 365 g/mol. The zero-order valence-electron chi connectivity index (χ0n) is 15.7. The molecule has 2 saturated heterocycles. The number of aliphatic imine (C=N–C) groups is 1. The maximum Gasteiger partial charge on any atom is 0.0801 e. The minimum atomic E-state index is 0.462. The van der Waals surface area contributed by atoms with Crippen LogP contribution in [0.15, 0.2) is 4.99 Å². The van der Waals surface area contributed by atoms with Crippen LogP contribution in [0, 0.1) is 5.41 Å². The number of likely N-dealkylation sites (tertiary alicyclic amines) is 1. The Hall–Kier alpha value is -0.300. The molecule has 0 amide bonds. The van der Waals surface area contributed by atoms with E-state index in [1.807, 2.05) is 0 Å². The van der Waals surface area contributed by atoms with E-state index in [0.29, 0.717) is 6.04 Å². The Morgan fingerprint density at radius 3 is 2.32 bits per heavy atom. The highest BCUT2D eigenvalue weighted by atomic mass is 32.2. The normalized spacial score (nSPS) is 38.9. The number of hydrogen-bond acceptors (Lipinski definition) is 5. The van der Waals surface area contributed by atoms with Crippen molar-refractivity contribution in [2.24, 2.45) is 16.1 Å². The van der Waals surface area contributed by atoms with Crippen molar-refractivity contribution in [2.45, 2.75) is 74.7 Å². The summed E-state index contributed by atoms with van der Waals surface area (Å²) in [5, 5.41) is 4.27. The average molecular weight is 366 g/mol. The molecule has 2 aliphatic heterocycles. The van der Waals surface area contributed by atoms with Gasteiger partial charge in [-0.15, -0.1) is 0 Å². The van der Waals surface area contributed by atoms with Crippen LogP contribution in [0.2, 0.25) is 0 Å². The minimum absolute atomic E-state index is 0.462. The lowest BCUT2D eigenvalue weighted by Gasteiger charge is -2.60. The van der Waals surface area contributed by atoms with Crippen molar-refractivity contribution in [1.82, 2.24) is 14.5 Å². The van der Waals surface area contributed by atoms with E-state index in [4.69, 9.17) is 5.73 Å². The van der Waals surface area contributed by atoms with Crippen molar-refractivity contribution in [3.05, 3.63) is 0 Å². The Balaban J connectivity index is 1.13. The van der Waals surface area contributed by atoms with E-state index in [9.17, 15) is 0 Å². The van der Waals surface area contributed by atoms with Crippen LogP contribution in [-0.4, -0.2) is 72.1 Å². The molecule has 0 atom stereocenters. The molecule has 2 aliphatic carbocycles. The van der Waals surface area contributed by atoms with Crippen molar-refractivity contribution >= 4 is 18.3 Å². The SMILES string of the molecule is CNC1CC2(C1)CC(N1CCC(SN3CCC(N=CN)CC3)CC1)C2. The minimum Gasteiger partial charge on any atom is -0.390 e. The summed E-state index contributed by atoms with van der Waals surface area (Å²) in [6.45, 7) is 4.99. The summed E-state index contributed by atoms with van der Waals surface area (Å²) >= 11 is 2.13. The molecule has 5 nitrogen and oxygen atoms in total. The highest BCUT2D eigenvalue weighted by molar-refractivity contribution is 7.97. The first kappa shape index (κ1) is 18.1. The van der Waals surface area contributed by atoms with E-state index in [1.54, 1.807) is 0 Å². The van der Waals surface area contributed by atoms with Gasteiger partial charge in [0, 0.05) is 30.4 Å². The van der Waals surface area contributed by atoms with Gasteiger partial charge in [0.05, 0.1) is 12.4 Å². The first-order valence-corrected chi connectivity index (χ1v) is 11.1. The lowest BCUT2D eigenvalue weighted by atomic mass is 9.51. The van der Waals surface area contributed by atoms with Crippen LogP contribution in [0.4, 0.5) is 0 Å². The first-order valence-electron chi connectivity index (χ1n) is 10.3. The Morgan fingerprint density at radius 1 is 1.04 bits per heavy atom. The summed E-state index contributed by atoms with van der Waals surface area (Å²) in [6, 6.07) is 2.17. The van der Waals surface area contributed by atoms with Crippen LogP contribution in [0.25, 0.3) is 0 Å². The maximum atomic E-state index is 5.42. The third-order valence-electron chi connectivity index (χ3n) is 7.12. The molecule has 0 unspecified atom stereocenters. The summed E-state index contributed by atoms with van der Waals surface area (Å²) in [7, 11) is 2.12. The number of nitrogens with two attached hydrogens (primary N) is 1. The summed E-state index contributed by atoms with van der Waals surface area (Å²) in [6.07, 6.45) is 12.3. The topological polar surface area (TPSA) is 56.9 Å². The first-order chi connectivity index (χ1) is 12.2. The molecule has 25 heavy (non-hydrogen) atoms. The fraction of sp³-hybridized carbons (Fsp3) is 0.947. The third kappa shape index (κ3) is 4.02. The number of hydrogen-bond donors (Lipinski definition) is 2. The molecule has 2 saturated carbocycles. The second kappa shape index (κ2) is 7.75. The van der Waals surface area contributed by atoms with Gasteiger partial charge in [0.25, 0.3) is 0 Å². The lowest BCUT2D eigenvalue weighted by Crippen LogP contribution is -2.61. The van der Waals surface area contributed by atoms with Crippen LogP contribution in [0.3, 0.4) is 0 Å². The second-order valence-electron chi connectivity index (χ2n) is 8.75. The van der Waals surface area contributed by atoms with Crippen LogP contribution < -0.4 is 11.1 Å². The van der Waals surface area contributed by atoms with Crippen LogP contribution >= 0.6 is 11.9 Å². The van der Waals surface area contributed by atoms with Crippen molar-refractivity contribution in [3.8, 4) is 0 Å². The molecule has 4 rings (SSSR count). The van der Waals surface area contributed by atoms with E-state index in [2.05, 4.69) is 38.5 Å². The fourth-order valence-corrected chi connectivity index (χ4v) is 6.76. The average Bonchev–Trinajstić information content (AvgIpc) is 2.56. The number of nitrogens with zero attached hydrogens (tertiary/aromatic N) is 3. The van der Waals surface area contributed by atoms with Crippen LogP contribution in [0.1, 0.15) is 51.4 Å². The number of nitrogens with one attached hydrogen (secondary N) is 1. The van der Waals surface area contributed by atoms with E-state index >= 15 is 0 Å². The summed E-state index contributed by atoms with van der Waals surface area (Å²) in [4.78, 5) is 7.15. The van der Waals surface area contributed by atoms with E-state index in [-0.39, 0.29) is 0 Å². The van der Waals surface area contributed by atoms with E-state index < -0.39 is 0 Å². The maximum absolute atomic E-state index is 5.42. The second-order valence-corrected chi connectivity index (χ2v) is 10.1. The standard InChI is InChI=1S/C19H35N5S/c1-21-16-10-19(11-16)12-17(13-19)23-6-4-18(5-7-23)25-24-8-2-15(3-9-24)22-14-20/h14-18,21H,2-13H2,1H3,(H2,20,22). The van der Waals surface area contributed by atoms with E-state index in [1.165, 1.54) is 71.0 Å². The van der Waals surface area contributed by atoms with Crippen LogP contribution in [-0.2, 0) is 0 Å².